The smallest absolute Gasteiger partial charge is 0.462 e. The summed E-state index contributed by atoms with van der Waals surface area (Å²) in [6, 6.07) is 0. The first-order valence-corrected chi connectivity index (χ1v) is 34.0. The standard InChI is InChI=1S/C65H124NO8P/c1-3-5-7-9-11-13-15-17-18-19-20-21-22-23-24-25-26-27-28-29-30-31-32-33-34-35-36-37-38-39-40-41-42-43-44-46-48-50-52-54-56-58-65(68)74-63(62-73-75(69,70)72-60-59-66)61-71-64(67)57-55-53-51-49-47-45-16-14-12-10-8-6-4-2/h14-17,19-20,63H,3-13,18,21-62,66H2,1-2H3,(H,69,70)/b16-14-,17-15-,20-19-. The highest BCUT2D eigenvalue weighted by molar-refractivity contribution is 7.47. The van der Waals surface area contributed by atoms with Crippen LogP contribution in [0.5, 0.6) is 0 Å². The van der Waals surface area contributed by atoms with Gasteiger partial charge in [-0.05, 0) is 70.6 Å². The first-order valence-electron chi connectivity index (χ1n) is 32.5. The lowest BCUT2D eigenvalue weighted by molar-refractivity contribution is -0.161. The lowest BCUT2D eigenvalue weighted by atomic mass is 10.0. The third-order valence-electron chi connectivity index (χ3n) is 14.5. The van der Waals surface area contributed by atoms with E-state index in [0.717, 1.165) is 57.8 Å². The van der Waals surface area contributed by atoms with Gasteiger partial charge in [-0.15, -0.1) is 0 Å². The van der Waals surface area contributed by atoms with Gasteiger partial charge in [0, 0.05) is 19.4 Å². The maximum atomic E-state index is 12.7. The summed E-state index contributed by atoms with van der Waals surface area (Å²) in [5, 5.41) is 0. The quantitative estimate of drug-likeness (QED) is 0.0264. The van der Waals surface area contributed by atoms with E-state index in [1.165, 1.54) is 244 Å². The molecule has 3 N–H and O–H groups in total. The van der Waals surface area contributed by atoms with Crippen LogP contribution in [0.2, 0.25) is 0 Å². The topological polar surface area (TPSA) is 134 Å². The molecule has 0 spiro atoms. The Hall–Kier alpha value is -1.77. The molecule has 0 aromatic carbocycles. The van der Waals surface area contributed by atoms with Crippen LogP contribution in [0.25, 0.3) is 0 Å². The number of phosphoric acid groups is 1. The van der Waals surface area contributed by atoms with Crippen LogP contribution in [0, 0.1) is 0 Å². The Morgan fingerprint density at radius 3 is 1.04 bits per heavy atom. The second kappa shape index (κ2) is 61.4. The van der Waals surface area contributed by atoms with E-state index in [4.69, 9.17) is 24.3 Å². The van der Waals surface area contributed by atoms with Crippen LogP contribution in [-0.2, 0) is 32.7 Å². The lowest BCUT2D eigenvalue weighted by Gasteiger charge is -2.19. The molecular formula is C65H124NO8P. The average Bonchev–Trinajstić information content (AvgIpc) is 3.40. The van der Waals surface area contributed by atoms with Gasteiger partial charge >= 0.3 is 19.8 Å². The van der Waals surface area contributed by atoms with Crippen molar-refractivity contribution in [2.75, 3.05) is 26.4 Å². The molecule has 0 bridgehead atoms. The Morgan fingerprint density at radius 2 is 0.693 bits per heavy atom. The maximum absolute atomic E-state index is 12.7. The number of phosphoric ester groups is 1. The number of ether oxygens (including phenoxy) is 2. The van der Waals surface area contributed by atoms with Crippen molar-refractivity contribution in [3.8, 4) is 0 Å². The second-order valence-electron chi connectivity index (χ2n) is 22.0. The number of hydrogen-bond acceptors (Lipinski definition) is 8. The van der Waals surface area contributed by atoms with E-state index in [1.54, 1.807) is 0 Å². The van der Waals surface area contributed by atoms with E-state index in [1.807, 2.05) is 0 Å². The van der Waals surface area contributed by atoms with Gasteiger partial charge in [0.2, 0.25) is 0 Å². The fourth-order valence-electron chi connectivity index (χ4n) is 9.67. The molecule has 0 aliphatic carbocycles. The summed E-state index contributed by atoms with van der Waals surface area (Å²) in [6.45, 7) is 3.75. The first-order chi connectivity index (χ1) is 36.8. The van der Waals surface area contributed by atoms with E-state index in [0.29, 0.717) is 6.42 Å². The molecule has 0 radical (unpaired) electrons. The van der Waals surface area contributed by atoms with Gasteiger partial charge in [0.1, 0.15) is 6.61 Å². The van der Waals surface area contributed by atoms with Crippen molar-refractivity contribution in [1.29, 1.82) is 0 Å². The Balaban J connectivity index is 3.69. The van der Waals surface area contributed by atoms with E-state index in [-0.39, 0.29) is 38.6 Å². The lowest BCUT2D eigenvalue weighted by Crippen LogP contribution is -2.29. The van der Waals surface area contributed by atoms with Crippen molar-refractivity contribution in [2.45, 2.75) is 341 Å². The van der Waals surface area contributed by atoms with Crippen LogP contribution in [0.3, 0.4) is 0 Å². The molecular weight excluding hydrogens is 954 g/mol. The fraction of sp³-hybridized carbons (Fsp3) is 0.877. The normalized spacial score (nSPS) is 13.2. The highest BCUT2D eigenvalue weighted by Crippen LogP contribution is 2.43. The van der Waals surface area contributed by atoms with E-state index in [9.17, 15) is 19.0 Å². The van der Waals surface area contributed by atoms with Gasteiger partial charge in [-0.25, -0.2) is 4.57 Å². The van der Waals surface area contributed by atoms with Crippen molar-refractivity contribution >= 4 is 19.8 Å². The summed E-state index contributed by atoms with van der Waals surface area (Å²) in [4.78, 5) is 35.1. The molecule has 0 saturated heterocycles. The van der Waals surface area contributed by atoms with Crippen LogP contribution in [0.15, 0.2) is 36.5 Å². The summed E-state index contributed by atoms with van der Waals surface area (Å²) in [6.07, 6.45) is 75.5. The average molecular weight is 1080 g/mol. The van der Waals surface area contributed by atoms with Gasteiger partial charge < -0.3 is 20.1 Å². The molecule has 0 rings (SSSR count). The van der Waals surface area contributed by atoms with Crippen LogP contribution < -0.4 is 5.73 Å². The molecule has 2 atom stereocenters. The summed E-state index contributed by atoms with van der Waals surface area (Å²) < 4.78 is 33.0. The molecule has 0 amide bonds. The predicted molar refractivity (Wildman–Crippen MR) is 321 cm³/mol. The second-order valence-corrected chi connectivity index (χ2v) is 23.4. The van der Waals surface area contributed by atoms with E-state index >= 15 is 0 Å². The van der Waals surface area contributed by atoms with Crippen molar-refractivity contribution in [3.63, 3.8) is 0 Å². The molecule has 0 saturated carbocycles. The Bertz CT molecular complexity index is 1320. The summed E-state index contributed by atoms with van der Waals surface area (Å²) >= 11 is 0. The van der Waals surface area contributed by atoms with Crippen LogP contribution >= 0.6 is 7.82 Å². The fourth-order valence-corrected chi connectivity index (χ4v) is 10.4. The molecule has 0 aliphatic rings. The van der Waals surface area contributed by atoms with Gasteiger partial charge in [0.05, 0.1) is 13.2 Å². The molecule has 442 valence electrons. The highest BCUT2D eigenvalue weighted by Gasteiger charge is 2.26. The molecule has 0 heterocycles. The van der Waals surface area contributed by atoms with Crippen molar-refractivity contribution in [1.82, 2.24) is 0 Å². The number of hydrogen-bond donors (Lipinski definition) is 2. The molecule has 0 aromatic heterocycles. The highest BCUT2D eigenvalue weighted by atomic mass is 31.2. The van der Waals surface area contributed by atoms with Gasteiger partial charge in [-0.3, -0.25) is 18.6 Å². The number of allylic oxidation sites excluding steroid dienone is 6. The number of carbonyl (C=O) groups excluding carboxylic acids is 2. The zero-order valence-corrected chi connectivity index (χ0v) is 50.4. The molecule has 10 heteroatoms. The SMILES string of the molecule is CCCCCC/C=C\CCCCCCCC(=O)OCC(COP(=O)(O)OCCN)OC(=O)CCCCCCCCCCCCCCCCCCCCCCCCCCCCCCC/C=C\C/C=C\CCCCCCC. The van der Waals surface area contributed by atoms with Gasteiger partial charge in [0.25, 0.3) is 0 Å². The molecule has 75 heavy (non-hydrogen) atoms. The first kappa shape index (κ1) is 73.2. The maximum Gasteiger partial charge on any atom is 0.472 e. The minimum atomic E-state index is -4.38. The van der Waals surface area contributed by atoms with Crippen LogP contribution in [0.1, 0.15) is 335 Å². The van der Waals surface area contributed by atoms with Crippen molar-refractivity contribution < 1.29 is 37.6 Å². The molecule has 0 aliphatic heterocycles. The monoisotopic (exact) mass is 1080 g/mol. The van der Waals surface area contributed by atoms with Gasteiger partial charge in [0.15, 0.2) is 6.10 Å². The third kappa shape index (κ3) is 61.3. The molecule has 0 fully saturated rings. The van der Waals surface area contributed by atoms with E-state index in [2.05, 4.69) is 50.3 Å². The van der Waals surface area contributed by atoms with Crippen molar-refractivity contribution in [3.05, 3.63) is 36.5 Å². The Morgan fingerprint density at radius 1 is 0.400 bits per heavy atom. The van der Waals surface area contributed by atoms with Crippen LogP contribution in [-0.4, -0.2) is 49.3 Å². The largest absolute Gasteiger partial charge is 0.472 e. The predicted octanol–water partition coefficient (Wildman–Crippen LogP) is 20.7. The number of nitrogens with two attached hydrogens (primary N) is 1. The minimum absolute atomic E-state index is 0.0545. The third-order valence-corrected chi connectivity index (χ3v) is 15.5. The van der Waals surface area contributed by atoms with Gasteiger partial charge in [-0.1, -0.05) is 288 Å². The zero-order valence-electron chi connectivity index (χ0n) is 49.6. The van der Waals surface area contributed by atoms with E-state index < -0.39 is 26.5 Å². The summed E-state index contributed by atoms with van der Waals surface area (Å²) in [5.74, 6) is -0.823. The molecule has 2 unspecified atom stereocenters. The van der Waals surface area contributed by atoms with Crippen LogP contribution in [0.4, 0.5) is 0 Å². The Labute approximate surface area is 464 Å². The molecule has 0 aromatic rings. The molecule has 9 nitrogen and oxygen atoms in total. The van der Waals surface area contributed by atoms with Gasteiger partial charge in [-0.2, -0.15) is 0 Å². The number of esters is 2. The number of carbonyl (C=O) groups is 2. The summed E-state index contributed by atoms with van der Waals surface area (Å²) in [5.41, 5.74) is 5.38. The summed E-state index contributed by atoms with van der Waals surface area (Å²) in [7, 11) is -4.38. The minimum Gasteiger partial charge on any atom is -0.462 e. The Kier molecular flexibility index (Phi) is 60.0. The van der Waals surface area contributed by atoms with Crippen molar-refractivity contribution in [2.24, 2.45) is 5.73 Å². The number of unbranched alkanes of at least 4 members (excludes halogenated alkanes) is 43. The number of rotatable bonds is 62. The zero-order chi connectivity index (χ0) is 54.5.